The number of nitrogens with one attached hydrogen (secondary N) is 2. The zero-order valence-electron chi connectivity index (χ0n) is 18.2. The van der Waals surface area contributed by atoms with Crippen molar-refractivity contribution in [3.8, 4) is 11.1 Å². The number of benzene rings is 2. The molecule has 6 N–H and O–H groups in total. The van der Waals surface area contributed by atoms with E-state index < -0.39 is 0 Å². The molecule has 1 atom stereocenters. The molecule has 0 aliphatic carbocycles. The highest BCUT2D eigenvalue weighted by atomic mass is 19.1. The first-order valence-corrected chi connectivity index (χ1v) is 10.4. The maximum absolute atomic E-state index is 14.8. The predicted octanol–water partition coefficient (Wildman–Crippen LogP) is 2.29. The van der Waals surface area contributed by atoms with Crippen LogP contribution < -0.4 is 16.4 Å². The lowest BCUT2D eigenvalue weighted by molar-refractivity contribution is 0.306. The number of rotatable bonds is 8. The molecule has 0 aliphatic rings. The number of aromatic nitrogens is 1. The molecule has 0 saturated carbocycles. The number of nitrogens with two attached hydrogens (primary N) is 1. The number of hydrogen-bond acceptors (Lipinski definition) is 6. The van der Waals surface area contributed by atoms with E-state index in [1.54, 1.807) is 12.1 Å². The number of halogens is 1. The number of aliphatic imine (C=N–C) groups is 2. The molecule has 3 aromatic rings. The Balaban J connectivity index is 1.73. The Morgan fingerprint density at radius 3 is 2.52 bits per heavy atom. The molecule has 1 unspecified atom stereocenters. The van der Waals surface area contributed by atoms with E-state index in [0.717, 1.165) is 11.1 Å². The third kappa shape index (κ3) is 6.61. The molecule has 2 aromatic carbocycles. The zero-order valence-corrected chi connectivity index (χ0v) is 18.2. The summed E-state index contributed by atoms with van der Waals surface area (Å²) in [7, 11) is 0. The molecule has 1 aromatic heterocycles. The average molecular weight is 455 g/mol. The van der Waals surface area contributed by atoms with Gasteiger partial charge in [0, 0.05) is 17.5 Å². The van der Waals surface area contributed by atoms with Crippen LogP contribution in [0.5, 0.6) is 0 Å². The largest absolute Gasteiger partial charge is 0.394 e. The van der Waals surface area contributed by atoms with Crippen molar-refractivity contribution in [2.45, 2.75) is 12.8 Å². The Morgan fingerprint density at radius 2 is 1.82 bits per heavy atom. The van der Waals surface area contributed by atoms with Crippen molar-refractivity contribution in [1.82, 2.24) is 10.5 Å². The van der Waals surface area contributed by atoms with Gasteiger partial charge in [-0.15, -0.1) is 0 Å². The number of aliphatic hydroxyl groups is 2. The molecule has 3 rings (SSSR count). The number of hydrogen-bond donors (Lipinski definition) is 5. The van der Waals surface area contributed by atoms with E-state index in [1.165, 1.54) is 6.07 Å². The normalized spacial score (nSPS) is 13.1. The Labute approximate surface area is 190 Å². The number of aliphatic hydroxyl groups excluding tert-OH is 2. The first kappa shape index (κ1) is 23.9. The Kier molecular flexibility index (Phi) is 8.50. The fourth-order valence-electron chi connectivity index (χ4n) is 3.10. The van der Waals surface area contributed by atoms with Crippen LogP contribution in [0.2, 0.25) is 0 Å². The van der Waals surface area contributed by atoms with Crippen molar-refractivity contribution in [2.24, 2.45) is 15.7 Å². The minimum atomic E-state index is -0.312. The minimum Gasteiger partial charge on any atom is -0.394 e. The maximum atomic E-state index is 14.8. The van der Waals surface area contributed by atoms with E-state index in [2.05, 4.69) is 25.8 Å². The summed E-state index contributed by atoms with van der Waals surface area (Å²) >= 11 is 0. The molecule has 174 valence electrons. The molecule has 0 fully saturated rings. The quantitative estimate of drug-likeness (QED) is 0.260. The van der Waals surface area contributed by atoms with Gasteiger partial charge >= 0.3 is 0 Å². The molecule has 0 radical (unpaired) electrons. The van der Waals surface area contributed by atoms with Crippen molar-refractivity contribution in [3.05, 3.63) is 71.7 Å². The first-order valence-electron chi connectivity index (χ1n) is 10.4. The molecule has 1 heterocycles. The van der Waals surface area contributed by atoms with Gasteiger partial charge in [0.05, 0.1) is 32.0 Å². The van der Waals surface area contributed by atoms with Crippen LogP contribution >= 0.6 is 0 Å². The van der Waals surface area contributed by atoms with Crippen LogP contribution in [-0.2, 0) is 0 Å². The van der Waals surface area contributed by atoms with Crippen LogP contribution in [-0.4, -0.2) is 53.6 Å². The monoisotopic (exact) mass is 454 g/mol. The molecular weight excluding hydrogens is 427 g/mol. The van der Waals surface area contributed by atoms with Crippen molar-refractivity contribution in [2.75, 3.05) is 31.6 Å². The summed E-state index contributed by atoms with van der Waals surface area (Å²) in [6.45, 7) is 1.85. The Bertz CT molecular complexity index is 1100. The van der Waals surface area contributed by atoms with Gasteiger partial charge in [0.2, 0.25) is 11.8 Å². The van der Waals surface area contributed by atoms with Gasteiger partial charge in [-0.1, -0.05) is 54.5 Å². The van der Waals surface area contributed by atoms with Gasteiger partial charge in [-0.25, -0.2) is 4.39 Å². The van der Waals surface area contributed by atoms with E-state index in [-0.39, 0.29) is 55.8 Å². The second-order valence-electron chi connectivity index (χ2n) is 7.14. The topological polar surface area (TPSA) is 141 Å². The summed E-state index contributed by atoms with van der Waals surface area (Å²) in [5, 5.41) is 27.6. The smallest absolute Gasteiger partial charge is 0.231 e. The van der Waals surface area contributed by atoms with Gasteiger partial charge in [0.25, 0.3) is 0 Å². The summed E-state index contributed by atoms with van der Waals surface area (Å²) in [4.78, 5) is 8.04. The molecule has 33 heavy (non-hydrogen) atoms. The molecular formula is C23H27FN6O3. The van der Waals surface area contributed by atoms with Crippen molar-refractivity contribution >= 4 is 17.8 Å². The second kappa shape index (κ2) is 11.7. The third-order valence-electron chi connectivity index (χ3n) is 4.79. The summed E-state index contributed by atoms with van der Waals surface area (Å²) in [6, 6.07) is 16.2. The van der Waals surface area contributed by atoms with E-state index in [1.807, 2.05) is 43.3 Å². The van der Waals surface area contributed by atoms with Crippen LogP contribution in [0.15, 0.2) is 69.1 Å². The predicted molar refractivity (Wildman–Crippen MR) is 126 cm³/mol. The molecule has 0 amide bonds. The van der Waals surface area contributed by atoms with Crippen molar-refractivity contribution in [1.29, 1.82) is 0 Å². The van der Waals surface area contributed by atoms with Gasteiger partial charge < -0.3 is 20.5 Å². The lowest BCUT2D eigenvalue weighted by Gasteiger charge is -2.11. The number of guanidine groups is 2. The van der Waals surface area contributed by atoms with Gasteiger partial charge in [0.15, 0.2) is 5.96 Å². The van der Waals surface area contributed by atoms with Crippen LogP contribution in [0.4, 0.5) is 10.3 Å². The highest BCUT2D eigenvalue weighted by molar-refractivity contribution is 6.04. The minimum absolute atomic E-state index is 0.0373. The van der Waals surface area contributed by atoms with Crippen LogP contribution in [0.3, 0.4) is 0 Å². The van der Waals surface area contributed by atoms with E-state index in [0.29, 0.717) is 11.3 Å². The molecule has 9 nitrogen and oxygen atoms in total. The lowest BCUT2D eigenvalue weighted by atomic mass is 9.95. The van der Waals surface area contributed by atoms with Crippen LogP contribution in [0, 0.1) is 5.82 Å². The van der Waals surface area contributed by atoms with Gasteiger partial charge in [-0.05, 0) is 17.2 Å². The zero-order chi connectivity index (χ0) is 23.6. The molecule has 10 heteroatoms. The number of anilines is 1. The van der Waals surface area contributed by atoms with Gasteiger partial charge in [-0.3, -0.25) is 20.6 Å². The van der Waals surface area contributed by atoms with Crippen LogP contribution in [0.1, 0.15) is 24.1 Å². The Morgan fingerprint density at radius 1 is 1.09 bits per heavy atom. The molecule has 0 spiro atoms. The fraction of sp³-hybridized carbons (Fsp3) is 0.261. The van der Waals surface area contributed by atoms with Gasteiger partial charge in [-0.2, -0.15) is 0 Å². The van der Waals surface area contributed by atoms with E-state index in [4.69, 9.17) is 20.5 Å². The summed E-state index contributed by atoms with van der Waals surface area (Å²) in [5.41, 5.74) is 8.43. The average Bonchev–Trinajstić information content (AvgIpc) is 3.29. The van der Waals surface area contributed by atoms with Crippen LogP contribution in [0.25, 0.3) is 11.1 Å². The maximum Gasteiger partial charge on any atom is 0.231 e. The summed E-state index contributed by atoms with van der Waals surface area (Å²) < 4.78 is 20.1. The highest BCUT2D eigenvalue weighted by Gasteiger charge is 2.17. The SMILES string of the molecule is CC(c1ccc(-c2ccccc2)c(F)c1)c1cc(NC(=NCCO)NC(N)=NCCO)on1. The van der Waals surface area contributed by atoms with Gasteiger partial charge in [0.1, 0.15) is 5.82 Å². The third-order valence-corrected chi connectivity index (χ3v) is 4.79. The van der Waals surface area contributed by atoms with E-state index in [9.17, 15) is 4.39 Å². The first-order chi connectivity index (χ1) is 16.0. The highest BCUT2D eigenvalue weighted by Crippen LogP contribution is 2.30. The van der Waals surface area contributed by atoms with Crippen molar-refractivity contribution < 1.29 is 19.1 Å². The summed E-state index contributed by atoms with van der Waals surface area (Å²) in [6.07, 6.45) is 0. The summed E-state index contributed by atoms with van der Waals surface area (Å²) in [5.74, 6) is -0.0391. The van der Waals surface area contributed by atoms with Crippen molar-refractivity contribution in [3.63, 3.8) is 0 Å². The molecule has 0 aliphatic heterocycles. The standard InChI is InChI=1S/C23H27FN6O3/c1-15(17-7-8-18(19(24)13-17)16-5-3-2-4-6-16)20-14-21(33-30-20)28-23(27-10-12-32)29-22(25)26-9-11-31/h2-8,13-15,31-32H,9-12H2,1H3,(H4,25,26,27,28,29). The molecule has 0 bridgehead atoms. The fourth-order valence-corrected chi connectivity index (χ4v) is 3.10. The second-order valence-corrected chi connectivity index (χ2v) is 7.14. The molecule has 0 saturated heterocycles. The number of nitrogens with zero attached hydrogens (tertiary/aromatic N) is 3. The lowest BCUT2D eigenvalue weighted by Crippen LogP contribution is -2.41. The van der Waals surface area contributed by atoms with E-state index >= 15 is 0 Å². The Hall–Kier alpha value is -3.76.